The van der Waals surface area contributed by atoms with Crippen LogP contribution >= 0.6 is 0 Å². The van der Waals surface area contributed by atoms with Crippen LogP contribution < -0.4 is 10.2 Å². The van der Waals surface area contributed by atoms with Crippen molar-refractivity contribution in [2.75, 3.05) is 29.9 Å². The number of para-hydroxylation sites is 2. The van der Waals surface area contributed by atoms with Crippen molar-refractivity contribution in [2.24, 2.45) is 0 Å². The van der Waals surface area contributed by atoms with Crippen LogP contribution in [-0.4, -0.2) is 36.7 Å². The molecule has 3 amide bonds. The number of likely N-dealkylation sites (tertiary alicyclic amines) is 1. The zero-order valence-electron chi connectivity index (χ0n) is 15.4. The van der Waals surface area contributed by atoms with E-state index in [0.29, 0.717) is 31.1 Å². The minimum Gasteiger partial charge on any atom is -0.447 e. The number of urea groups is 1. The Morgan fingerprint density at radius 1 is 1.07 bits per heavy atom. The van der Waals surface area contributed by atoms with Crippen LogP contribution in [-0.2, 0) is 4.74 Å². The van der Waals surface area contributed by atoms with Gasteiger partial charge in [0.05, 0.1) is 24.0 Å². The smallest absolute Gasteiger partial charge is 0.414 e. The molecule has 0 saturated carbocycles. The third-order valence-corrected chi connectivity index (χ3v) is 5.22. The first kappa shape index (κ1) is 18.3. The van der Waals surface area contributed by atoms with Gasteiger partial charge in [-0.2, -0.15) is 0 Å². The summed E-state index contributed by atoms with van der Waals surface area (Å²) in [4.78, 5) is 28.3. The van der Waals surface area contributed by atoms with Crippen molar-refractivity contribution in [1.82, 2.24) is 4.90 Å². The normalized spacial score (nSPS) is 19.5. The summed E-state index contributed by atoms with van der Waals surface area (Å²) in [6, 6.07) is 13.2. The number of carbonyl (C=O) groups excluding carboxylic acids is 2. The molecule has 0 spiro atoms. The van der Waals surface area contributed by atoms with Gasteiger partial charge in [0.1, 0.15) is 12.4 Å². The first-order valence-corrected chi connectivity index (χ1v) is 9.50. The molecule has 0 aliphatic carbocycles. The molecule has 146 valence electrons. The summed E-state index contributed by atoms with van der Waals surface area (Å²) in [7, 11) is 0. The first-order chi connectivity index (χ1) is 13.6. The fraction of sp³-hybridized carbons (Fsp3) is 0.333. The molecule has 2 aromatic carbocycles. The predicted octanol–water partition coefficient (Wildman–Crippen LogP) is 4.54. The fourth-order valence-corrected chi connectivity index (χ4v) is 3.82. The van der Waals surface area contributed by atoms with E-state index in [1.165, 1.54) is 17.0 Å². The maximum absolute atomic E-state index is 13.3. The van der Waals surface area contributed by atoms with Crippen LogP contribution in [0.1, 0.15) is 30.9 Å². The fourth-order valence-electron chi connectivity index (χ4n) is 3.82. The number of benzene rings is 2. The second-order valence-corrected chi connectivity index (χ2v) is 6.97. The monoisotopic (exact) mass is 383 g/mol. The molecular weight excluding hydrogens is 361 g/mol. The third kappa shape index (κ3) is 3.65. The minimum atomic E-state index is -0.413. The number of cyclic esters (lactones) is 1. The summed E-state index contributed by atoms with van der Waals surface area (Å²) in [5.41, 5.74) is 2.11. The zero-order chi connectivity index (χ0) is 19.5. The van der Waals surface area contributed by atoms with Gasteiger partial charge in [0.15, 0.2) is 0 Å². The Balaban J connectivity index is 1.55. The molecular formula is C21H22FN3O3. The molecule has 2 aliphatic rings. The predicted molar refractivity (Wildman–Crippen MR) is 104 cm³/mol. The minimum absolute atomic E-state index is 0.0988. The number of carbonyl (C=O) groups is 2. The van der Waals surface area contributed by atoms with Gasteiger partial charge in [0.25, 0.3) is 0 Å². The summed E-state index contributed by atoms with van der Waals surface area (Å²) < 4.78 is 18.3. The molecule has 0 bridgehead atoms. The summed E-state index contributed by atoms with van der Waals surface area (Å²) in [5, 5.41) is 2.95. The summed E-state index contributed by atoms with van der Waals surface area (Å²) in [6.07, 6.45) is 2.36. The Bertz CT molecular complexity index is 871. The third-order valence-electron chi connectivity index (χ3n) is 5.22. The van der Waals surface area contributed by atoms with Gasteiger partial charge < -0.3 is 15.0 Å². The SMILES string of the molecule is O=C1OCCN1c1ccccc1NC(=O)N1CCCC[C@@H]1c1ccc(F)cc1. The Hall–Kier alpha value is -3.09. The van der Waals surface area contributed by atoms with E-state index in [1.54, 1.807) is 29.2 Å². The van der Waals surface area contributed by atoms with E-state index < -0.39 is 6.09 Å². The molecule has 2 fully saturated rings. The highest BCUT2D eigenvalue weighted by atomic mass is 19.1. The topological polar surface area (TPSA) is 61.9 Å². The van der Waals surface area contributed by atoms with Crippen LogP contribution in [0.15, 0.2) is 48.5 Å². The van der Waals surface area contributed by atoms with Crippen LogP contribution in [0.3, 0.4) is 0 Å². The largest absolute Gasteiger partial charge is 0.447 e. The molecule has 2 heterocycles. The lowest BCUT2D eigenvalue weighted by molar-refractivity contribution is 0.163. The number of nitrogens with zero attached hydrogens (tertiary/aromatic N) is 2. The number of rotatable bonds is 3. The lowest BCUT2D eigenvalue weighted by Crippen LogP contribution is -2.41. The van der Waals surface area contributed by atoms with Crippen molar-refractivity contribution in [3.8, 4) is 0 Å². The highest BCUT2D eigenvalue weighted by molar-refractivity contribution is 5.99. The van der Waals surface area contributed by atoms with Gasteiger partial charge in [-0.1, -0.05) is 24.3 Å². The molecule has 0 unspecified atom stereocenters. The van der Waals surface area contributed by atoms with Gasteiger partial charge >= 0.3 is 12.1 Å². The second kappa shape index (κ2) is 7.88. The molecule has 28 heavy (non-hydrogen) atoms. The highest BCUT2D eigenvalue weighted by Gasteiger charge is 2.30. The number of amides is 3. The van der Waals surface area contributed by atoms with E-state index in [1.807, 2.05) is 12.1 Å². The van der Waals surface area contributed by atoms with E-state index in [0.717, 1.165) is 24.8 Å². The number of anilines is 2. The summed E-state index contributed by atoms with van der Waals surface area (Å²) >= 11 is 0. The van der Waals surface area contributed by atoms with E-state index in [4.69, 9.17) is 4.74 Å². The molecule has 0 radical (unpaired) electrons. The molecule has 2 aromatic rings. The molecule has 1 N–H and O–H groups in total. The maximum Gasteiger partial charge on any atom is 0.414 e. The Morgan fingerprint density at radius 3 is 2.61 bits per heavy atom. The lowest BCUT2D eigenvalue weighted by atomic mass is 9.95. The molecule has 2 saturated heterocycles. The lowest BCUT2D eigenvalue weighted by Gasteiger charge is -2.36. The van der Waals surface area contributed by atoms with Crippen molar-refractivity contribution >= 4 is 23.5 Å². The first-order valence-electron chi connectivity index (χ1n) is 9.50. The van der Waals surface area contributed by atoms with Crippen LogP contribution in [0, 0.1) is 5.82 Å². The van der Waals surface area contributed by atoms with E-state index in [9.17, 15) is 14.0 Å². The summed E-state index contributed by atoms with van der Waals surface area (Å²) in [5.74, 6) is -0.290. The van der Waals surface area contributed by atoms with Crippen LogP contribution in [0.2, 0.25) is 0 Å². The number of hydrogen-bond donors (Lipinski definition) is 1. The molecule has 0 aromatic heterocycles. The standard InChI is InChI=1S/C21H22FN3O3/c22-16-10-8-15(9-11-16)18-6-3-4-12-24(18)20(26)23-17-5-1-2-7-19(17)25-13-14-28-21(25)27/h1-2,5,7-11,18H,3-4,6,12-14H2,(H,23,26)/t18-/m1/s1. The number of nitrogens with one attached hydrogen (secondary N) is 1. The van der Waals surface area contributed by atoms with Gasteiger partial charge in [-0.15, -0.1) is 0 Å². The average molecular weight is 383 g/mol. The van der Waals surface area contributed by atoms with Crippen molar-refractivity contribution in [3.63, 3.8) is 0 Å². The Kier molecular flexibility index (Phi) is 5.14. The van der Waals surface area contributed by atoms with E-state index >= 15 is 0 Å². The van der Waals surface area contributed by atoms with Gasteiger partial charge in [-0.3, -0.25) is 4.90 Å². The van der Waals surface area contributed by atoms with Crippen molar-refractivity contribution in [2.45, 2.75) is 25.3 Å². The van der Waals surface area contributed by atoms with Crippen molar-refractivity contribution in [3.05, 3.63) is 59.9 Å². The second-order valence-electron chi connectivity index (χ2n) is 6.97. The van der Waals surface area contributed by atoms with E-state index in [2.05, 4.69) is 5.32 Å². The van der Waals surface area contributed by atoms with Crippen LogP contribution in [0.5, 0.6) is 0 Å². The van der Waals surface area contributed by atoms with Gasteiger partial charge in [-0.05, 0) is 49.1 Å². The summed E-state index contributed by atoms with van der Waals surface area (Å²) in [6.45, 7) is 1.41. The van der Waals surface area contributed by atoms with Crippen LogP contribution in [0.25, 0.3) is 0 Å². The quantitative estimate of drug-likeness (QED) is 0.846. The Morgan fingerprint density at radius 2 is 1.86 bits per heavy atom. The molecule has 2 aliphatic heterocycles. The molecule has 4 rings (SSSR count). The van der Waals surface area contributed by atoms with Gasteiger partial charge in [0.2, 0.25) is 0 Å². The zero-order valence-corrected chi connectivity index (χ0v) is 15.4. The molecule has 7 heteroatoms. The average Bonchev–Trinajstić information content (AvgIpc) is 3.15. The van der Waals surface area contributed by atoms with Crippen molar-refractivity contribution in [1.29, 1.82) is 0 Å². The number of piperidine rings is 1. The molecule has 1 atom stereocenters. The number of halogens is 1. The highest BCUT2D eigenvalue weighted by Crippen LogP contribution is 2.33. The number of ether oxygens (including phenoxy) is 1. The maximum atomic E-state index is 13.3. The molecule has 6 nitrogen and oxygen atoms in total. The Labute approximate surface area is 162 Å². The van der Waals surface area contributed by atoms with Crippen molar-refractivity contribution < 1.29 is 18.7 Å². The van der Waals surface area contributed by atoms with Gasteiger partial charge in [-0.25, -0.2) is 14.0 Å². The number of hydrogen-bond acceptors (Lipinski definition) is 3. The van der Waals surface area contributed by atoms with E-state index in [-0.39, 0.29) is 17.9 Å². The van der Waals surface area contributed by atoms with Gasteiger partial charge in [0, 0.05) is 6.54 Å². The van der Waals surface area contributed by atoms with Crippen LogP contribution in [0.4, 0.5) is 25.4 Å².